The van der Waals surface area contributed by atoms with Crippen molar-refractivity contribution in [1.82, 2.24) is 0 Å². The van der Waals surface area contributed by atoms with Crippen molar-refractivity contribution in [3.05, 3.63) is 58.7 Å². The number of hydrogen-bond donors (Lipinski definition) is 1. The fraction of sp³-hybridized carbons (Fsp3) is 0.316. The molecule has 4 heteroatoms. The van der Waals surface area contributed by atoms with Crippen LogP contribution in [0, 0.1) is 6.92 Å². The normalized spacial score (nSPS) is 18.8. The number of rotatable bonds is 3. The third-order valence-electron chi connectivity index (χ3n) is 4.69. The number of hydrogen-bond acceptors (Lipinski definition) is 3. The second kappa shape index (κ2) is 5.39. The predicted octanol–water partition coefficient (Wildman–Crippen LogP) is 2.35. The molecule has 2 aromatic rings. The summed E-state index contributed by atoms with van der Waals surface area (Å²) in [5.74, 6) is 1.03. The van der Waals surface area contributed by atoms with Gasteiger partial charge in [0.15, 0.2) is 0 Å². The second-order valence-electron chi connectivity index (χ2n) is 6.33. The van der Waals surface area contributed by atoms with Crippen LogP contribution in [0.5, 0.6) is 5.75 Å². The second-order valence-corrected chi connectivity index (χ2v) is 6.33. The number of ether oxygens (including phenoxy) is 1. The number of fused-ring (bicyclic) bond motifs is 3. The summed E-state index contributed by atoms with van der Waals surface area (Å²) in [6.45, 7) is 3.18. The van der Waals surface area contributed by atoms with E-state index in [1.54, 1.807) is 0 Å². The van der Waals surface area contributed by atoms with Gasteiger partial charge in [0, 0.05) is 18.5 Å². The SMILES string of the molecule is Cc1cc2c(c3c1N(Cc1ccccc1)C(=O)C3)OC(CN)C2. The van der Waals surface area contributed by atoms with Gasteiger partial charge in [0.05, 0.1) is 18.7 Å². The highest BCUT2D eigenvalue weighted by Gasteiger charge is 2.36. The first-order valence-corrected chi connectivity index (χ1v) is 8.03. The summed E-state index contributed by atoms with van der Waals surface area (Å²) in [5.41, 5.74) is 11.3. The number of carbonyl (C=O) groups is 1. The number of nitrogens with zero attached hydrogens (tertiary/aromatic N) is 1. The third-order valence-corrected chi connectivity index (χ3v) is 4.69. The Balaban J connectivity index is 1.74. The minimum Gasteiger partial charge on any atom is -0.488 e. The predicted molar refractivity (Wildman–Crippen MR) is 89.7 cm³/mol. The average molecular weight is 308 g/mol. The van der Waals surface area contributed by atoms with Crippen molar-refractivity contribution >= 4 is 11.6 Å². The molecule has 1 atom stereocenters. The van der Waals surface area contributed by atoms with Crippen molar-refractivity contribution in [1.29, 1.82) is 0 Å². The van der Waals surface area contributed by atoms with E-state index in [1.807, 2.05) is 23.1 Å². The molecular weight excluding hydrogens is 288 g/mol. The standard InChI is InChI=1S/C19H20N2O2/c1-12-7-14-8-15(10-20)23-19(14)16-9-17(22)21(18(12)16)11-13-5-3-2-4-6-13/h2-7,15H,8-11,20H2,1H3. The summed E-state index contributed by atoms with van der Waals surface area (Å²) >= 11 is 0. The zero-order valence-corrected chi connectivity index (χ0v) is 13.2. The van der Waals surface area contributed by atoms with Gasteiger partial charge in [0.2, 0.25) is 5.91 Å². The summed E-state index contributed by atoms with van der Waals surface area (Å²) in [6.07, 6.45) is 1.30. The number of benzene rings is 2. The van der Waals surface area contributed by atoms with Crippen molar-refractivity contribution in [3.63, 3.8) is 0 Å². The van der Waals surface area contributed by atoms with Crippen molar-refractivity contribution < 1.29 is 9.53 Å². The van der Waals surface area contributed by atoms with Gasteiger partial charge in [0.25, 0.3) is 0 Å². The van der Waals surface area contributed by atoms with E-state index in [-0.39, 0.29) is 12.0 Å². The number of nitrogens with two attached hydrogens (primary N) is 1. The van der Waals surface area contributed by atoms with Crippen LogP contribution in [0.4, 0.5) is 5.69 Å². The van der Waals surface area contributed by atoms with E-state index in [9.17, 15) is 4.79 Å². The lowest BCUT2D eigenvalue weighted by Crippen LogP contribution is -2.26. The molecule has 2 aliphatic heterocycles. The lowest BCUT2D eigenvalue weighted by atomic mass is 10.00. The molecule has 0 radical (unpaired) electrons. The largest absolute Gasteiger partial charge is 0.488 e. The van der Waals surface area contributed by atoms with Crippen LogP contribution in [-0.4, -0.2) is 18.6 Å². The van der Waals surface area contributed by atoms with E-state index in [1.165, 1.54) is 5.56 Å². The molecule has 0 fully saturated rings. The van der Waals surface area contributed by atoms with Gasteiger partial charge in [-0.25, -0.2) is 0 Å². The summed E-state index contributed by atoms with van der Waals surface area (Å²) < 4.78 is 6.00. The Morgan fingerprint density at radius 1 is 1.30 bits per heavy atom. The molecule has 0 saturated carbocycles. The highest BCUT2D eigenvalue weighted by molar-refractivity contribution is 6.03. The smallest absolute Gasteiger partial charge is 0.231 e. The Kier molecular flexibility index (Phi) is 3.34. The summed E-state index contributed by atoms with van der Waals surface area (Å²) in [4.78, 5) is 14.5. The van der Waals surface area contributed by atoms with Crippen molar-refractivity contribution in [2.45, 2.75) is 32.4 Å². The van der Waals surface area contributed by atoms with Crippen molar-refractivity contribution in [2.24, 2.45) is 5.73 Å². The molecular formula is C19H20N2O2. The molecule has 2 aliphatic rings. The fourth-order valence-corrected chi connectivity index (χ4v) is 3.66. The van der Waals surface area contributed by atoms with Crippen LogP contribution in [-0.2, 0) is 24.2 Å². The highest BCUT2D eigenvalue weighted by Crippen LogP contribution is 2.44. The molecule has 2 heterocycles. The van der Waals surface area contributed by atoms with E-state index >= 15 is 0 Å². The quantitative estimate of drug-likeness (QED) is 0.947. The first kappa shape index (κ1) is 14.3. The molecule has 2 aromatic carbocycles. The molecule has 2 N–H and O–H groups in total. The zero-order chi connectivity index (χ0) is 16.0. The van der Waals surface area contributed by atoms with Crippen molar-refractivity contribution in [3.8, 4) is 5.75 Å². The number of aryl methyl sites for hydroxylation is 1. The Morgan fingerprint density at radius 3 is 2.83 bits per heavy atom. The highest BCUT2D eigenvalue weighted by atomic mass is 16.5. The molecule has 0 saturated heterocycles. The first-order chi connectivity index (χ1) is 11.2. The van der Waals surface area contributed by atoms with Gasteiger partial charge in [-0.05, 0) is 23.6 Å². The summed E-state index contributed by atoms with van der Waals surface area (Å²) in [6, 6.07) is 12.2. The summed E-state index contributed by atoms with van der Waals surface area (Å²) in [7, 11) is 0. The third kappa shape index (κ3) is 2.30. The zero-order valence-electron chi connectivity index (χ0n) is 13.2. The average Bonchev–Trinajstić information content (AvgIpc) is 3.10. The first-order valence-electron chi connectivity index (χ1n) is 8.03. The van der Waals surface area contributed by atoms with Gasteiger partial charge in [-0.15, -0.1) is 0 Å². The number of carbonyl (C=O) groups excluding carboxylic acids is 1. The monoisotopic (exact) mass is 308 g/mol. The molecule has 0 spiro atoms. The van der Waals surface area contributed by atoms with E-state index < -0.39 is 0 Å². The lowest BCUT2D eigenvalue weighted by molar-refractivity contribution is -0.117. The van der Waals surface area contributed by atoms with Gasteiger partial charge in [0.1, 0.15) is 11.9 Å². The van der Waals surface area contributed by atoms with Gasteiger partial charge >= 0.3 is 0 Å². The van der Waals surface area contributed by atoms with Crippen LogP contribution in [0.15, 0.2) is 36.4 Å². The molecule has 0 aliphatic carbocycles. The summed E-state index contributed by atoms with van der Waals surface area (Å²) in [5, 5.41) is 0. The molecule has 4 rings (SSSR count). The van der Waals surface area contributed by atoms with Gasteiger partial charge in [-0.3, -0.25) is 4.79 Å². The Morgan fingerprint density at radius 2 is 2.09 bits per heavy atom. The van der Waals surface area contributed by atoms with Gasteiger partial charge in [-0.1, -0.05) is 36.4 Å². The minimum atomic E-state index is 0.0363. The molecule has 0 aromatic heterocycles. The van der Waals surface area contributed by atoms with E-state index in [4.69, 9.17) is 10.5 Å². The minimum absolute atomic E-state index is 0.0363. The van der Waals surface area contributed by atoms with Crippen LogP contribution in [0.3, 0.4) is 0 Å². The Labute approximate surface area is 135 Å². The van der Waals surface area contributed by atoms with Crippen LogP contribution in [0.1, 0.15) is 22.3 Å². The number of amides is 1. The van der Waals surface area contributed by atoms with Gasteiger partial charge < -0.3 is 15.4 Å². The van der Waals surface area contributed by atoms with Gasteiger partial charge in [-0.2, -0.15) is 0 Å². The van der Waals surface area contributed by atoms with Crippen LogP contribution >= 0.6 is 0 Å². The maximum Gasteiger partial charge on any atom is 0.231 e. The van der Waals surface area contributed by atoms with Crippen LogP contribution in [0.25, 0.3) is 0 Å². The van der Waals surface area contributed by atoms with E-state index in [0.717, 1.165) is 34.5 Å². The molecule has 0 bridgehead atoms. The Hall–Kier alpha value is -2.33. The molecule has 118 valence electrons. The topological polar surface area (TPSA) is 55.6 Å². The Bertz CT molecular complexity index is 771. The van der Waals surface area contributed by atoms with Crippen molar-refractivity contribution in [2.75, 3.05) is 11.4 Å². The van der Waals surface area contributed by atoms with Crippen LogP contribution in [0.2, 0.25) is 0 Å². The van der Waals surface area contributed by atoms with E-state index in [0.29, 0.717) is 19.5 Å². The van der Waals surface area contributed by atoms with Crippen LogP contribution < -0.4 is 15.4 Å². The fourth-order valence-electron chi connectivity index (χ4n) is 3.66. The lowest BCUT2D eigenvalue weighted by Gasteiger charge is -2.20. The maximum atomic E-state index is 12.6. The number of anilines is 1. The molecule has 1 unspecified atom stereocenters. The van der Waals surface area contributed by atoms with E-state index in [2.05, 4.69) is 25.1 Å². The maximum absolute atomic E-state index is 12.6. The molecule has 1 amide bonds. The molecule has 23 heavy (non-hydrogen) atoms. The molecule has 4 nitrogen and oxygen atoms in total.